The smallest absolute Gasteiger partial charge is 0.377 e. The third kappa shape index (κ3) is 6.15. The molecule has 0 radical (unpaired) electrons. The highest BCUT2D eigenvalue weighted by Crippen LogP contribution is 2.31. The van der Waals surface area contributed by atoms with Gasteiger partial charge >= 0.3 is 12.2 Å². The molecule has 9 heteroatoms. The van der Waals surface area contributed by atoms with Crippen LogP contribution in [0.2, 0.25) is 0 Å². The van der Waals surface area contributed by atoms with Crippen LogP contribution in [0.1, 0.15) is 48.0 Å². The Kier molecular flexibility index (Phi) is 7.27. The first-order valence-electron chi connectivity index (χ1n) is 10.5. The molecule has 172 valence electrons. The summed E-state index contributed by atoms with van der Waals surface area (Å²) in [6.07, 6.45) is 0.735. The van der Waals surface area contributed by atoms with Gasteiger partial charge in [0.1, 0.15) is 0 Å². The van der Waals surface area contributed by atoms with Gasteiger partial charge in [0.2, 0.25) is 0 Å². The average Bonchev–Trinajstić information content (AvgIpc) is 2.73. The summed E-state index contributed by atoms with van der Waals surface area (Å²) in [5, 5.41) is 8.05. The van der Waals surface area contributed by atoms with Gasteiger partial charge in [0.05, 0.1) is 11.1 Å². The molecule has 0 bridgehead atoms. The number of nitrogens with one attached hydrogen (secondary N) is 3. The van der Waals surface area contributed by atoms with Crippen LogP contribution in [0, 0.1) is 0 Å². The van der Waals surface area contributed by atoms with E-state index in [9.17, 15) is 22.8 Å². The summed E-state index contributed by atoms with van der Waals surface area (Å²) in [5.41, 5.74) is 0.623. The Morgan fingerprint density at radius 2 is 1.59 bits per heavy atom. The zero-order valence-corrected chi connectivity index (χ0v) is 18.1. The van der Waals surface area contributed by atoms with Crippen molar-refractivity contribution in [2.45, 2.75) is 44.3 Å². The first-order chi connectivity index (χ1) is 15.1. The van der Waals surface area contributed by atoms with Gasteiger partial charge in [-0.1, -0.05) is 25.3 Å². The Balaban J connectivity index is 1.73. The molecular formula is C23H27F3N4O2. The number of urea groups is 1. The van der Waals surface area contributed by atoms with Crippen molar-refractivity contribution in [1.29, 1.82) is 0 Å². The predicted molar refractivity (Wildman–Crippen MR) is 119 cm³/mol. The quantitative estimate of drug-likeness (QED) is 0.567. The fourth-order valence-corrected chi connectivity index (χ4v) is 3.76. The first-order valence-corrected chi connectivity index (χ1v) is 10.5. The molecule has 1 aliphatic rings. The summed E-state index contributed by atoms with van der Waals surface area (Å²) < 4.78 is 38.6. The number of anilines is 3. The molecule has 1 aliphatic carbocycles. The van der Waals surface area contributed by atoms with Gasteiger partial charge in [0.25, 0.3) is 5.91 Å². The minimum Gasteiger partial charge on any atom is -0.377 e. The summed E-state index contributed by atoms with van der Waals surface area (Å²) >= 11 is 0. The molecule has 3 rings (SSSR count). The molecule has 6 nitrogen and oxygen atoms in total. The molecule has 0 spiro atoms. The second-order valence-corrected chi connectivity index (χ2v) is 8.09. The van der Waals surface area contributed by atoms with E-state index in [0.29, 0.717) is 16.9 Å². The zero-order valence-electron chi connectivity index (χ0n) is 18.1. The van der Waals surface area contributed by atoms with Crippen LogP contribution in [0.5, 0.6) is 0 Å². The molecule has 3 amide bonds. The number of amides is 3. The summed E-state index contributed by atoms with van der Waals surface area (Å²) in [7, 11) is 3.64. The molecule has 0 atom stereocenters. The fraction of sp³-hybridized carbons (Fsp3) is 0.391. The molecule has 0 unspecified atom stereocenters. The summed E-state index contributed by atoms with van der Waals surface area (Å²) in [6, 6.07) is 8.73. The molecule has 32 heavy (non-hydrogen) atoms. The molecule has 0 aliphatic heterocycles. The number of halogens is 3. The van der Waals surface area contributed by atoms with Gasteiger partial charge in [-0.05, 0) is 49.2 Å². The van der Waals surface area contributed by atoms with Crippen molar-refractivity contribution in [2.75, 3.05) is 29.6 Å². The molecule has 3 N–H and O–H groups in total. The van der Waals surface area contributed by atoms with Crippen LogP contribution >= 0.6 is 0 Å². The van der Waals surface area contributed by atoms with Gasteiger partial charge in [-0.3, -0.25) is 4.79 Å². The minimum absolute atomic E-state index is 0.0116. The van der Waals surface area contributed by atoms with Crippen molar-refractivity contribution in [2.24, 2.45) is 0 Å². The molecule has 1 fully saturated rings. The molecule has 0 heterocycles. The Morgan fingerprint density at radius 3 is 2.22 bits per heavy atom. The Hall–Kier alpha value is -3.23. The van der Waals surface area contributed by atoms with Gasteiger partial charge in [-0.2, -0.15) is 13.2 Å². The molecule has 1 saturated carbocycles. The van der Waals surface area contributed by atoms with Crippen molar-refractivity contribution in [1.82, 2.24) is 5.32 Å². The van der Waals surface area contributed by atoms with Crippen LogP contribution in [-0.2, 0) is 6.18 Å². The van der Waals surface area contributed by atoms with Gasteiger partial charge in [0, 0.05) is 37.2 Å². The van der Waals surface area contributed by atoms with Crippen LogP contribution < -0.4 is 20.9 Å². The third-order valence-electron chi connectivity index (χ3n) is 5.37. The molecule has 0 aromatic heterocycles. The van der Waals surface area contributed by atoms with Gasteiger partial charge < -0.3 is 20.9 Å². The van der Waals surface area contributed by atoms with E-state index >= 15 is 0 Å². The highest BCUT2D eigenvalue weighted by molar-refractivity contribution is 6.04. The van der Waals surface area contributed by atoms with Gasteiger partial charge in [-0.15, -0.1) is 0 Å². The Morgan fingerprint density at radius 1 is 0.938 bits per heavy atom. The third-order valence-corrected chi connectivity index (χ3v) is 5.37. The second-order valence-electron chi connectivity index (χ2n) is 8.09. The minimum atomic E-state index is -4.50. The summed E-state index contributed by atoms with van der Waals surface area (Å²) in [4.78, 5) is 27.1. The number of alkyl halides is 3. The van der Waals surface area contributed by atoms with Crippen molar-refractivity contribution < 1.29 is 22.8 Å². The first kappa shape index (κ1) is 23.4. The monoisotopic (exact) mass is 448 g/mol. The van der Waals surface area contributed by atoms with E-state index in [0.717, 1.165) is 37.8 Å². The maximum Gasteiger partial charge on any atom is 0.416 e. The topological polar surface area (TPSA) is 73.5 Å². The number of carbonyl (C=O) groups excluding carboxylic acids is 2. The lowest BCUT2D eigenvalue weighted by atomic mass is 9.95. The van der Waals surface area contributed by atoms with Gasteiger partial charge in [0.15, 0.2) is 0 Å². The van der Waals surface area contributed by atoms with Crippen LogP contribution in [0.4, 0.5) is 35.0 Å². The van der Waals surface area contributed by atoms with Crippen LogP contribution in [0.15, 0.2) is 42.5 Å². The fourth-order valence-electron chi connectivity index (χ4n) is 3.76. The average molecular weight is 448 g/mol. The number of benzene rings is 2. The second kappa shape index (κ2) is 9.93. The highest BCUT2D eigenvalue weighted by Gasteiger charge is 2.30. The van der Waals surface area contributed by atoms with E-state index in [-0.39, 0.29) is 17.6 Å². The Labute approximate surface area is 185 Å². The molecule has 2 aromatic rings. The zero-order chi connectivity index (χ0) is 23.3. The lowest BCUT2D eigenvalue weighted by Gasteiger charge is -2.24. The van der Waals surface area contributed by atoms with Gasteiger partial charge in [-0.25, -0.2) is 4.79 Å². The van der Waals surface area contributed by atoms with Crippen LogP contribution in [0.3, 0.4) is 0 Å². The van der Waals surface area contributed by atoms with E-state index in [1.807, 2.05) is 19.0 Å². The number of nitrogens with zero attached hydrogens (tertiary/aromatic N) is 1. The SMILES string of the molecule is CN(C)c1ccc(NC(=O)Nc2cccc(C(F)(F)F)c2)cc1C(=O)NC1CCCCC1. The van der Waals surface area contributed by atoms with E-state index in [1.165, 1.54) is 18.6 Å². The van der Waals surface area contributed by atoms with E-state index < -0.39 is 17.8 Å². The van der Waals surface area contributed by atoms with E-state index in [2.05, 4.69) is 16.0 Å². The van der Waals surface area contributed by atoms with E-state index in [4.69, 9.17) is 0 Å². The largest absolute Gasteiger partial charge is 0.416 e. The number of hydrogen-bond acceptors (Lipinski definition) is 3. The van der Waals surface area contributed by atoms with Crippen LogP contribution in [-0.4, -0.2) is 32.1 Å². The maximum absolute atomic E-state index is 12.9. The van der Waals surface area contributed by atoms with Crippen molar-refractivity contribution in [3.63, 3.8) is 0 Å². The number of rotatable bonds is 5. The van der Waals surface area contributed by atoms with E-state index in [1.54, 1.807) is 18.2 Å². The lowest BCUT2D eigenvalue weighted by molar-refractivity contribution is -0.137. The van der Waals surface area contributed by atoms with Crippen molar-refractivity contribution >= 4 is 29.0 Å². The summed E-state index contributed by atoms with van der Waals surface area (Å²) in [6.45, 7) is 0. The maximum atomic E-state index is 12.9. The standard InChI is InChI=1S/C23H27F3N4O2/c1-30(2)20-12-11-18(14-19(20)21(31)27-16-8-4-3-5-9-16)29-22(32)28-17-10-6-7-15(13-17)23(24,25)26/h6-7,10-14,16H,3-5,8-9H2,1-2H3,(H,27,31)(H2,28,29,32). The van der Waals surface area contributed by atoms with Crippen molar-refractivity contribution in [3.05, 3.63) is 53.6 Å². The normalized spacial score (nSPS) is 14.5. The van der Waals surface area contributed by atoms with Crippen molar-refractivity contribution in [3.8, 4) is 0 Å². The number of carbonyl (C=O) groups is 2. The molecule has 0 saturated heterocycles. The Bertz CT molecular complexity index is 970. The summed E-state index contributed by atoms with van der Waals surface area (Å²) in [5.74, 6) is -0.220. The van der Waals surface area contributed by atoms with Crippen LogP contribution in [0.25, 0.3) is 0 Å². The lowest BCUT2D eigenvalue weighted by Crippen LogP contribution is -2.36. The number of hydrogen-bond donors (Lipinski definition) is 3. The predicted octanol–water partition coefficient (Wildman–Crippen LogP) is 5.48. The highest BCUT2D eigenvalue weighted by atomic mass is 19.4. The molecular weight excluding hydrogens is 421 g/mol. The molecule has 2 aromatic carbocycles.